The number of benzene rings is 2. The minimum atomic E-state index is -0.638. The van der Waals surface area contributed by atoms with Crippen molar-refractivity contribution in [1.29, 1.82) is 0 Å². The van der Waals surface area contributed by atoms with Gasteiger partial charge in [-0.2, -0.15) is 0 Å². The highest BCUT2D eigenvalue weighted by molar-refractivity contribution is 6.33. The third-order valence-electron chi connectivity index (χ3n) is 6.75. The molecule has 2 aliphatic rings. The van der Waals surface area contributed by atoms with Gasteiger partial charge in [0.1, 0.15) is 17.5 Å². The van der Waals surface area contributed by atoms with E-state index in [1.807, 2.05) is 0 Å². The summed E-state index contributed by atoms with van der Waals surface area (Å²) in [5.74, 6) is -1.89. The second kappa shape index (κ2) is 9.75. The number of piperidine rings is 1. The monoisotopic (exact) mass is 478 g/mol. The summed E-state index contributed by atoms with van der Waals surface area (Å²) in [6.45, 7) is 0.899. The van der Waals surface area contributed by atoms with E-state index in [1.165, 1.54) is 24.3 Å². The summed E-state index contributed by atoms with van der Waals surface area (Å²) in [6.07, 6.45) is 3.27. The topological polar surface area (TPSA) is 40.6 Å². The number of nitrogens with zero attached hydrogens (tertiary/aromatic N) is 2. The zero-order valence-corrected chi connectivity index (χ0v) is 19.1. The summed E-state index contributed by atoms with van der Waals surface area (Å²) in [5.41, 5.74) is 0.621. The lowest BCUT2D eigenvalue weighted by molar-refractivity contribution is -0.134. The summed E-state index contributed by atoms with van der Waals surface area (Å²) in [5, 5.41) is 0.0709. The van der Waals surface area contributed by atoms with Gasteiger partial charge in [0, 0.05) is 38.2 Å². The Kier molecular flexibility index (Phi) is 6.98. The molecule has 0 bridgehead atoms. The summed E-state index contributed by atoms with van der Waals surface area (Å²) in [6, 6.07) is 6.97. The number of carbonyl (C=O) groups excluding carboxylic acids is 2. The molecule has 2 amide bonds. The van der Waals surface area contributed by atoms with Crippen LogP contribution >= 0.6 is 11.6 Å². The molecule has 33 heavy (non-hydrogen) atoms. The van der Waals surface area contributed by atoms with Gasteiger partial charge in [-0.15, -0.1) is 0 Å². The Balaban J connectivity index is 1.48. The lowest BCUT2D eigenvalue weighted by Gasteiger charge is -2.40. The number of hydrogen-bond donors (Lipinski definition) is 0. The molecule has 0 N–H and O–H groups in total. The van der Waals surface area contributed by atoms with Crippen LogP contribution in [0.3, 0.4) is 0 Å². The van der Waals surface area contributed by atoms with Crippen molar-refractivity contribution in [1.82, 2.24) is 9.80 Å². The van der Waals surface area contributed by atoms with Gasteiger partial charge in [0.15, 0.2) is 0 Å². The van der Waals surface area contributed by atoms with E-state index in [0.717, 1.165) is 25.0 Å². The number of likely N-dealkylation sites (N-methyl/N-ethyl adjacent to an activating group) is 1. The van der Waals surface area contributed by atoms with Crippen molar-refractivity contribution in [2.75, 3.05) is 20.1 Å². The molecule has 176 valence electrons. The zero-order chi connectivity index (χ0) is 23.7. The predicted molar refractivity (Wildman–Crippen MR) is 119 cm³/mol. The van der Waals surface area contributed by atoms with Crippen molar-refractivity contribution in [2.24, 2.45) is 11.8 Å². The van der Waals surface area contributed by atoms with Crippen LogP contribution in [0.4, 0.5) is 13.2 Å². The van der Waals surface area contributed by atoms with E-state index in [-0.39, 0.29) is 46.7 Å². The summed E-state index contributed by atoms with van der Waals surface area (Å²) in [4.78, 5) is 29.1. The Morgan fingerprint density at radius 3 is 2.27 bits per heavy atom. The molecule has 1 atom stereocenters. The Hall–Kier alpha value is -2.54. The van der Waals surface area contributed by atoms with Crippen LogP contribution in [0.25, 0.3) is 0 Å². The average Bonchev–Trinajstić information content (AvgIpc) is 3.63. The number of rotatable bonds is 6. The van der Waals surface area contributed by atoms with Crippen molar-refractivity contribution in [2.45, 2.75) is 38.1 Å². The predicted octanol–water partition coefficient (Wildman–Crippen LogP) is 5.09. The van der Waals surface area contributed by atoms with E-state index < -0.39 is 17.5 Å². The van der Waals surface area contributed by atoms with Gasteiger partial charge in [-0.05, 0) is 67.9 Å². The first-order valence-electron chi connectivity index (χ1n) is 11.2. The summed E-state index contributed by atoms with van der Waals surface area (Å²) < 4.78 is 41.1. The van der Waals surface area contributed by atoms with E-state index in [4.69, 9.17) is 11.6 Å². The Bertz CT molecular complexity index is 1050. The lowest BCUT2D eigenvalue weighted by atomic mass is 9.84. The summed E-state index contributed by atoms with van der Waals surface area (Å²) in [7, 11) is 1.75. The molecule has 2 aromatic carbocycles. The van der Waals surface area contributed by atoms with Crippen LogP contribution in [0.2, 0.25) is 5.02 Å². The van der Waals surface area contributed by atoms with Gasteiger partial charge < -0.3 is 9.80 Å². The van der Waals surface area contributed by atoms with E-state index in [1.54, 1.807) is 16.8 Å². The third kappa shape index (κ3) is 5.35. The highest BCUT2D eigenvalue weighted by atomic mass is 35.5. The van der Waals surface area contributed by atoms with E-state index in [0.29, 0.717) is 31.5 Å². The van der Waals surface area contributed by atoms with E-state index in [9.17, 15) is 22.8 Å². The van der Waals surface area contributed by atoms with Crippen LogP contribution < -0.4 is 0 Å². The quantitative estimate of drug-likeness (QED) is 0.580. The molecule has 4 rings (SSSR count). The fraction of sp³-hybridized carbons (Fsp3) is 0.440. The van der Waals surface area contributed by atoms with Crippen LogP contribution in [-0.2, 0) is 11.2 Å². The highest BCUT2D eigenvalue weighted by Gasteiger charge is 2.38. The van der Waals surface area contributed by atoms with Crippen molar-refractivity contribution < 1.29 is 22.8 Å². The molecule has 8 heteroatoms. The molecule has 1 heterocycles. The zero-order valence-electron chi connectivity index (χ0n) is 18.4. The molecule has 4 nitrogen and oxygen atoms in total. The SMILES string of the molecule is CN(C(=O)C1CC1)C(Cc1ccc(F)cc1F)C1CCN(C(=O)c2ccc(F)cc2Cl)CC1. The molecular weight excluding hydrogens is 453 g/mol. The number of hydrogen-bond acceptors (Lipinski definition) is 2. The minimum absolute atomic E-state index is 0.0258. The maximum atomic E-state index is 14.4. The first-order chi connectivity index (χ1) is 15.7. The fourth-order valence-electron chi connectivity index (χ4n) is 4.63. The average molecular weight is 479 g/mol. The number of amides is 2. The van der Waals surface area contributed by atoms with Crippen molar-refractivity contribution in [3.05, 3.63) is 70.0 Å². The molecular formula is C25H26ClF3N2O2. The standard InChI is InChI=1S/C25H26ClF3N2O2/c1-30(24(32)16-2-3-16)23(12-17-4-5-19(28)14-22(17)29)15-8-10-31(11-9-15)25(33)20-7-6-18(27)13-21(20)26/h4-7,13-16,23H,2-3,8-12H2,1H3. The van der Waals surface area contributed by atoms with Gasteiger partial charge in [0.2, 0.25) is 5.91 Å². The second-order valence-electron chi connectivity index (χ2n) is 8.98. The lowest BCUT2D eigenvalue weighted by Crippen LogP contribution is -2.49. The first kappa shape index (κ1) is 23.6. The Morgan fingerprint density at radius 2 is 1.67 bits per heavy atom. The van der Waals surface area contributed by atoms with Crippen LogP contribution in [0.5, 0.6) is 0 Å². The van der Waals surface area contributed by atoms with E-state index in [2.05, 4.69) is 0 Å². The number of carbonyl (C=O) groups is 2. The van der Waals surface area contributed by atoms with Crippen molar-refractivity contribution >= 4 is 23.4 Å². The van der Waals surface area contributed by atoms with Gasteiger partial charge in [-0.3, -0.25) is 9.59 Å². The van der Waals surface area contributed by atoms with E-state index >= 15 is 0 Å². The Morgan fingerprint density at radius 1 is 1.03 bits per heavy atom. The van der Waals surface area contributed by atoms with Crippen LogP contribution in [-0.4, -0.2) is 47.8 Å². The number of likely N-dealkylation sites (tertiary alicyclic amines) is 1. The third-order valence-corrected chi connectivity index (χ3v) is 7.06. The smallest absolute Gasteiger partial charge is 0.255 e. The maximum Gasteiger partial charge on any atom is 0.255 e. The Labute approximate surface area is 196 Å². The molecule has 1 aliphatic heterocycles. The minimum Gasteiger partial charge on any atom is -0.342 e. The van der Waals surface area contributed by atoms with Crippen LogP contribution in [0.15, 0.2) is 36.4 Å². The van der Waals surface area contributed by atoms with Gasteiger partial charge in [-0.25, -0.2) is 13.2 Å². The molecule has 0 aromatic heterocycles. The normalized spacial score (nSPS) is 17.7. The molecule has 1 saturated carbocycles. The molecule has 2 aromatic rings. The molecule has 1 aliphatic carbocycles. The van der Waals surface area contributed by atoms with Crippen LogP contribution in [0, 0.1) is 29.3 Å². The molecule has 0 spiro atoms. The second-order valence-corrected chi connectivity index (χ2v) is 9.39. The molecule has 2 fully saturated rings. The van der Waals surface area contributed by atoms with Gasteiger partial charge in [-0.1, -0.05) is 17.7 Å². The fourth-order valence-corrected chi connectivity index (χ4v) is 4.88. The first-order valence-corrected chi connectivity index (χ1v) is 11.6. The largest absolute Gasteiger partial charge is 0.342 e. The van der Waals surface area contributed by atoms with Gasteiger partial charge >= 0.3 is 0 Å². The maximum absolute atomic E-state index is 14.4. The van der Waals surface area contributed by atoms with Gasteiger partial charge in [0.05, 0.1) is 10.6 Å². The van der Waals surface area contributed by atoms with Gasteiger partial charge in [0.25, 0.3) is 5.91 Å². The molecule has 1 unspecified atom stereocenters. The number of halogens is 4. The summed E-state index contributed by atoms with van der Waals surface area (Å²) >= 11 is 6.06. The highest BCUT2D eigenvalue weighted by Crippen LogP contribution is 2.34. The molecule has 0 radical (unpaired) electrons. The molecule has 1 saturated heterocycles. The van der Waals surface area contributed by atoms with Crippen molar-refractivity contribution in [3.63, 3.8) is 0 Å². The van der Waals surface area contributed by atoms with Crippen molar-refractivity contribution in [3.8, 4) is 0 Å². The van der Waals surface area contributed by atoms with Crippen LogP contribution in [0.1, 0.15) is 41.6 Å².